The van der Waals surface area contributed by atoms with Crippen molar-refractivity contribution in [3.8, 4) is 11.5 Å². The van der Waals surface area contributed by atoms with Crippen molar-refractivity contribution in [2.24, 2.45) is 5.73 Å². The minimum Gasteiger partial charge on any atom is -0.493 e. The number of methoxy groups -OCH3 is 1. The van der Waals surface area contributed by atoms with Crippen molar-refractivity contribution in [1.82, 2.24) is 5.32 Å². The van der Waals surface area contributed by atoms with Gasteiger partial charge in [0, 0.05) is 23.9 Å². The van der Waals surface area contributed by atoms with Crippen molar-refractivity contribution in [3.05, 3.63) is 119 Å². The van der Waals surface area contributed by atoms with Gasteiger partial charge >= 0.3 is 12.1 Å². The molecule has 6 N–H and O–H groups in total. The van der Waals surface area contributed by atoms with E-state index in [0.717, 1.165) is 24.0 Å². The Morgan fingerprint density at radius 1 is 0.878 bits per heavy atom. The Balaban J connectivity index is 1.97. The molecule has 4 rings (SSSR count). The average Bonchev–Trinajstić information content (AvgIpc) is 3.06. The maximum Gasteiger partial charge on any atom is 0.491 e. The smallest absolute Gasteiger partial charge is 0.491 e. The largest absolute Gasteiger partial charge is 0.493 e. The zero-order valence-corrected chi connectivity index (χ0v) is 26.9. The Morgan fingerprint density at radius 2 is 1.47 bits per heavy atom. The highest BCUT2D eigenvalue weighted by molar-refractivity contribution is 7.92. The number of hydrogen-bond acceptors (Lipinski definition) is 9. The number of alkyl halides is 3. The number of nitrogens with one attached hydrogen (secondary N) is 4. The highest BCUT2D eigenvalue weighted by atomic mass is 32.2. The molecule has 1 atom stereocenters. The molecular weight excluding hydrogens is 667 g/mol. The van der Waals surface area contributed by atoms with Crippen molar-refractivity contribution in [2.75, 3.05) is 23.4 Å². The van der Waals surface area contributed by atoms with Gasteiger partial charge in [0.15, 0.2) is 11.5 Å². The Kier molecular flexibility index (Phi) is 11.0. The number of rotatable bonds is 14. The first kappa shape index (κ1) is 36.1. The van der Waals surface area contributed by atoms with E-state index >= 15 is 0 Å². The van der Waals surface area contributed by atoms with Crippen LogP contribution in [0.2, 0.25) is 0 Å². The van der Waals surface area contributed by atoms with Crippen LogP contribution in [0.25, 0.3) is 0 Å². The molecule has 49 heavy (non-hydrogen) atoms. The summed E-state index contributed by atoms with van der Waals surface area (Å²) in [5, 5.41) is 12.7. The molecule has 0 aliphatic heterocycles. The van der Waals surface area contributed by atoms with Gasteiger partial charge in [-0.15, -0.1) is 0 Å². The minimum absolute atomic E-state index is 0.0264. The van der Waals surface area contributed by atoms with Gasteiger partial charge in [-0.3, -0.25) is 14.9 Å². The van der Waals surface area contributed by atoms with Gasteiger partial charge in [0.2, 0.25) is 10.0 Å². The number of anilines is 2. The summed E-state index contributed by atoms with van der Waals surface area (Å²) in [7, 11) is -2.98. The Morgan fingerprint density at radius 3 is 2.00 bits per heavy atom. The van der Waals surface area contributed by atoms with E-state index in [-0.39, 0.29) is 41.7 Å². The molecule has 258 valence electrons. The highest BCUT2D eigenvalue weighted by Gasteiger charge is 2.53. The molecule has 4 aromatic carbocycles. The number of carbonyl (C=O) groups is 2. The summed E-state index contributed by atoms with van der Waals surface area (Å²) < 4.78 is 85.6. The van der Waals surface area contributed by atoms with Gasteiger partial charge < -0.3 is 30.6 Å². The van der Waals surface area contributed by atoms with Crippen LogP contribution in [0.1, 0.15) is 22.3 Å². The van der Waals surface area contributed by atoms with Crippen LogP contribution in [0.3, 0.4) is 0 Å². The first-order valence-electron chi connectivity index (χ1n) is 14.3. The number of amidine groups is 1. The molecule has 4 aromatic rings. The molecule has 0 fully saturated rings. The van der Waals surface area contributed by atoms with Crippen LogP contribution in [0.5, 0.6) is 11.5 Å². The van der Waals surface area contributed by atoms with Crippen LogP contribution in [-0.4, -0.2) is 45.7 Å². The predicted octanol–water partition coefficient (Wildman–Crippen LogP) is 4.62. The summed E-state index contributed by atoms with van der Waals surface area (Å²) in [6.45, 7) is -0.262. The first-order chi connectivity index (χ1) is 23.1. The number of sulfonamides is 1. The molecule has 0 aromatic heterocycles. The molecule has 16 heteroatoms. The molecule has 1 amide bonds. The average molecular weight is 700 g/mol. The van der Waals surface area contributed by atoms with Crippen molar-refractivity contribution in [1.29, 1.82) is 5.41 Å². The van der Waals surface area contributed by atoms with Gasteiger partial charge in [-0.2, -0.15) is 13.2 Å². The molecule has 1 unspecified atom stereocenters. The van der Waals surface area contributed by atoms with Gasteiger partial charge in [-0.25, -0.2) is 13.2 Å². The lowest BCUT2D eigenvalue weighted by Crippen LogP contribution is -2.54. The SMILES string of the molecule is COc1cc(C(Nc2ccc(C(=N)N)cc2)(OC(=O)C(F)(F)F)C(=O)NCc2ccccc2)c(NS(C)(=O)=O)cc1OCc1ccccc1. The number of amides is 1. The van der Waals surface area contributed by atoms with Gasteiger partial charge in [-0.05, 0) is 41.5 Å². The second kappa shape index (κ2) is 15.0. The molecule has 0 bridgehead atoms. The molecular formula is C33H32F3N5O7S. The third-order valence-electron chi connectivity index (χ3n) is 6.82. The second-order valence-electron chi connectivity index (χ2n) is 10.5. The summed E-state index contributed by atoms with van der Waals surface area (Å²) in [4.78, 5) is 26.9. The molecule has 0 saturated heterocycles. The van der Waals surface area contributed by atoms with Crippen molar-refractivity contribution in [2.45, 2.75) is 25.1 Å². The van der Waals surface area contributed by atoms with Crippen LogP contribution < -0.4 is 30.6 Å². The summed E-state index contributed by atoms with van der Waals surface area (Å²) in [5.41, 5.74) is 2.76. The molecule has 0 spiro atoms. The normalized spacial score (nSPS) is 12.6. The monoisotopic (exact) mass is 699 g/mol. The van der Waals surface area contributed by atoms with Crippen molar-refractivity contribution in [3.63, 3.8) is 0 Å². The Hall–Kier alpha value is -5.77. The van der Waals surface area contributed by atoms with E-state index in [1.807, 2.05) is 0 Å². The molecule has 0 saturated carbocycles. The van der Waals surface area contributed by atoms with Crippen molar-refractivity contribution < 1.29 is 45.4 Å². The van der Waals surface area contributed by atoms with Crippen LogP contribution in [0.15, 0.2) is 97.1 Å². The van der Waals surface area contributed by atoms with E-state index in [9.17, 15) is 31.2 Å². The molecule has 0 aliphatic carbocycles. The number of halogens is 3. The zero-order chi connectivity index (χ0) is 35.8. The van der Waals surface area contributed by atoms with E-state index in [1.54, 1.807) is 60.7 Å². The predicted molar refractivity (Wildman–Crippen MR) is 175 cm³/mol. The summed E-state index contributed by atoms with van der Waals surface area (Å²) >= 11 is 0. The van der Waals surface area contributed by atoms with Gasteiger partial charge in [0.05, 0.1) is 24.6 Å². The maximum absolute atomic E-state index is 14.3. The fraction of sp³-hybridized carbons (Fsp3) is 0.182. The lowest BCUT2D eigenvalue weighted by molar-refractivity contribution is -0.213. The minimum atomic E-state index is -5.60. The van der Waals surface area contributed by atoms with E-state index < -0.39 is 45.1 Å². The fourth-order valence-electron chi connectivity index (χ4n) is 4.55. The van der Waals surface area contributed by atoms with E-state index in [1.165, 1.54) is 31.4 Å². The third kappa shape index (κ3) is 9.41. The van der Waals surface area contributed by atoms with E-state index in [2.05, 4.69) is 15.4 Å². The number of benzene rings is 4. The zero-order valence-electron chi connectivity index (χ0n) is 26.1. The van der Waals surface area contributed by atoms with Crippen LogP contribution in [0, 0.1) is 5.41 Å². The maximum atomic E-state index is 14.3. The summed E-state index contributed by atoms with van der Waals surface area (Å²) in [5.74, 6) is -4.63. The molecule has 0 radical (unpaired) electrons. The lowest BCUT2D eigenvalue weighted by atomic mass is 9.97. The Labute approximate surface area is 279 Å². The number of ether oxygens (including phenoxy) is 3. The van der Waals surface area contributed by atoms with Crippen LogP contribution in [0.4, 0.5) is 24.5 Å². The first-order valence-corrected chi connectivity index (χ1v) is 16.2. The van der Waals surface area contributed by atoms with Crippen LogP contribution in [-0.2, 0) is 43.2 Å². The number of esters is 1. The number of hydrogen-bond donors (Lipinski definition) is 5. The van der Waals surface area contributed by atoms with Crippen LogP contribution >= 0.6 is 0 Å². The number of nitrogens with two attached hydrogens (primary N) is 1. The van der Waals surface area contributed by atoms with Crippen molar-refractivity contribution >= 4 is 39.1 Å². The third-order valence-corrected chi connectivity index (χ3v) is 7.42. The second-order valence-corrected chi connectivity index (χ2v) is 12.3. The van der Waals surface area contributed by atoms with Gasteiger partial charge in [-0.1, -0.05) is 60.7 Å². The van der Waals surface area contributed by atoms with Gasteiger partial charge in [0.1, 0.15) is 12.4 Å². The molecule has 0 aliphatic rings. The number of carbonyl (C=O) groups excluding carboxylic acids is 2. The molecule has 0 heterocycles. The fourth-order valence-corrected chi connectivity index (χ4v) is 5.12. The highest BCUT2D eigenvalue weighted by Crippen LogP contribution is 2.43. The van der Waals surface area contributed by atoms with E-state index in [0.29, 0.717) is 5.56 Å². The summed E-state index contributed by atoms with van der Waals surface area (Å²) in [6.07, 6.45) is -4.82. The number of nitrogen functional groups attached to an aromatic ring is 1. The lowest BCUT2D eigenvalue weighted by Gasteiger charge is -2.36. The molecule has 12 nitrogen and oxygen atoms in total. The van der Waals surface area contributed by atoms with Gasteiger partial charge in [0.25, 0.3) is 11.6 Å². The Bertz CT molecular complexity index is 1910. The standard InChI is InChI=1S/C33H32F3N5O7S/c1-46-27-17-25(26(41-49(2,44)45)18-28(27)47-20-22-11-7-4-8-12-22)32(48-31(43)33(34,35)36,30(42)39-19-21-9-5-3-6-10-21)40-24-15-13-23(14-16-24)29(37)38/h3-18,40-41H,19-20H2,1-2H3,(H3,37,38)(H,39,42). The topological polar surface area (TPSA) is 182 Å². The quantitative estimate of drug-likeness (QED) is 0.0543. The van der Waals surface area contributed by atoms with E-state index in [4.69, 9.17) is 25.4 Å². The summed E-state index contributed by atoms with van der Waals surface area (Å²) in [6, 6.07) is 24.5.